The molecular formula is C19H22ClN5O2. The quantitative estimate of drug-likeness (QED) is 0.689. The first-order chi connectivity index (χ1) is 13.2. The largest absolute Gasteiger partial charge is 0.375 e. The molecule has 1 N–H and O–H groups in total. The van der Waals surface area contributed by atoms with Crippen molar-refractivity contribution in [3.63, 3.8) is 0 Å². The third-order valence-corrected chi connectivity index (χ3v) is 5.08. The fourth-order valence-corrected chi connectivity index (χ4v) is 3.73. The fraction of sp³-hybridized carbons (Fsp3) is 0.421. The molecule has 6 rings (SSSR count). The first-order valence-corrected chi connectivity index (χ1v) is 9.38. The Kier molecular flexibility index (Phi) is 5.24. The Morgan fingerprint density at radius 1 is 1.22 bits per heavy atom. The summed E-state index contributed by atoms with van der Waals surface area (Å²) in [6.45, 7) is 0. The molecular weight excluding hydrogens is 366 g/mol. The zero-order chi connectivity index (χ0) is 18.8. The number of methoxy groups -OCH3 is 1. The molecule has 142 valence electrons. The van der Waals surface area contributed by atoms with Crippen molar-refractivity contribution in [3.05, 3.63) is 47.5 Å². The second kappa shape index (κ2) is 7.80. The highest BCUT2D eigenvalue weighted by molar-refractivity contribution is 6.28. The van der Waals surface area contributed by atoms with E-state index in [2.05, 4.69) is 20.3 Å². The molecule has 7 nitrogen and oxygen atoms in total. The number of fused-ring (bicyclic) bond motifs is 2. The number of hydrogen-bond acceptors (Lipinski definition) is 6. The van der Waals surface area contributed by atoms with Gasteiger partial charge in [-0.2, -0.15) is 9.97 Å². The van der Waals surface area contributed by atoms with Gasteiger partial charge >= 0.3 is 0 Å². The summed E-state index contributed by atoms with van der Waals surface area (Å²) in [5.41, 5.74) is 2.27. The first kappa shape index (κ1) is 18.2. The van der Waals surface area contributed by atoms with E-state index < -0.39 is 0 Å². The van der Waals surface area contributed by atoms with Crippen molar-refractivity contribution in [1.82, 2.24) is 19.5 Å². The minimum Gasteiger partial charge on any atom is -0.375 e. The maximum atomic E-state index is 5.98. The molecule has 0 spiro atoms. The van der Waals surface area contributed by atoms with Gasteiger partial charge in [0.15, 0.2) is 23.2 Å². The predicted octanol–water partition coefficient (Wildman–Crippen LogP) is 3.65. The van der Waals surface area contributed by atoms with Crippen molar-refractivity contribution in [2.45, 2.75) is 37.7 Å². The maximum absolute atomic E-state index is 5.98. The monoisotopic (exact) mass is 387 g/mol. The Labute approximate surface area is 162 Å². The summed E-state index contributed by atoms with van der Waals surface area (Å²) in [7, 11) is 3.41. The molecule has 27 heavy (non-hydrogen) atoms. The van der Waals surface area contributed by atoms with Crippen LogP contribution in [0.5, 0.6) is 0 Å². The number of nitrogens with zero attached hydrogens (tertiary/aromatic N) is 4. The molecule has 2 aliphatic heterocycles. The van der Waals surface area contributed by atoms with Gasteiger partial charge in [-0.25, -0.2) is 4.98 Å². The molecule has 3 aliphatic rings. The van der Waals surface area contributed by atoms with E-state index in [1.807, 2.05) is 34.9 Å². The molecule has 3 atom stereocenters. The lowest BCUT2D eigenvalue weighted by molar-refractivity contribution is -0.0647. The lowest BCUT2D eigenvalue weighted by atomic mass is 10.2. The first-order valence-electron chi connectivity index (χ1n) is 9.00. The van der Waals surface area contributed by atoms with Gasteiger partial charge in [0, 0.05) is 19.7 Å². The van der Waals surface area contributed by atoms with Crippen LogP contribution in [0.25, 0.3) is 11.2 Å². The van der Waals surface area contributed by atoms with Crippen molar-refractivity contribution >= 4 is 28.6 Å². The third kappa shape index (κ3) is 3.63. The Morgan fingerprint density at radius 3 is 2.48 bits per heavy atom. The van der Waals surface area contributed by atoms with E-state index >= 15 is 0 Å². The Bertz CT molecular complexity index is 898. The zero-order valence-corrected chi connectivity index (χ0v) is 16.1. The normalized spacial score (nSPS) is 21.3. The number of imidazole rings is 1. The van der Waals surface area contributed by atoms with Crippen molar-refractivity contribution in [2.24, 2.45) is 0 Å². The van der Waals surface area contributed by atoms with E-state index in [1.54, 1.807) is 20.5 Å². The van der Waals surface area contributed by atoms with Gasteiger partial charge in [-0.15, -0.1) is 0 Å². The minimum absolute atomic E-state index is 0.163. The third-order valence-electron chi connectivity index (χ3n) is 4.91. The topological polar surface area (TPSA) is 74.1 Å². The summed E-state index contributed by atoms with van der Waals surface area (Å²) in [4.78, 5) is 12.8. The minimum atomic E-state index is -0.327. The summed E-state index contributed by atoms with van der Waals surface area (Å²) in [5, 5.41) is 3.13. The van der Waals surface area contributed by atoms with Crippen LogP contribution in [0, 0.1) is 0 Å². The van der Waals surface area contributed by atoms with Gasteiger partial charge in [0.1, 0.15) is 0 Å². The summed E-state index contributed by atoms with van der Waals surface area (Å²) in [5.74, 6) is 0.590. The van der Waals surface area contributed by atoms with E-state index in [1.165, 1.54) is 19.3 Å². The van der Waals surface area contributed by atoms with Crippen LogP contribution in [-0.4, -0.2) is 45.9 Å². The average Bonchev–Trinajstić information content (AvgIpc) is 3.40. The van der Waals surface area contributed by atoms with Crippen LogP contribution >= 0.6 is 11.6 Å². The molecule has 1 saturated carbocycles. The summed E-state index contributed by atoms with van der Waals surface area (Å²) in [6.07, 6.45) is 6.77. The highest BCUT2D eigenvalue weighted by Crippen LogP contribution is 2.36. The van der Waals surface area contributed by atoms with E-state index in [9.17, 15) is 0 Å². The Hall–Kier alpha value is -2.22. The van der Waals surface area contributed by atoms with E-state index in [4.69, 9.17) is 21.1 Å². The number of anilines is 1. The molecule has 3 fully saturated rings. The van der Waals surface area contributed by atoms with Crippen LogP contribution in [0.15, 0.2) is 36.7 Å². The number of halogens is 1. The van der Waals surface area contributed by atoms with Crippen molar-refractivity contribution in [2.75, 3.05) is 19.5 Å². The smallest absolute Gasteiger partial charge is 0.226 e. The summed E-state index contributed by atoms with van der Waals surface area (Å²) < 4.78 is 12.7. The summed E-state index contributed by atoms with van der Waals surface area (Å²) in [6, 6.07) is 9.85. The number of ether oxygens (including phenoxy) is 2. The molecule has 1 aliphatic carbocycles. The molecule has 4 heterocycles. The molecule has 8 heteroatoms. The summed E-state index contributed by atoms with van der Waals surface area (Å²) >= 11 is 5.98. The van der Waals surface area contributed by atoms with Gasteiger partial charge < -0.3 is 14.8 Å². The predicted molar refractivity (Wildman–Crippen MR) is 104 cm³/mol. The van der Waals surface area contributed by atoms with Crippen LogP contribution < -0.4 is 5.32 Å². The number of nitrogens with one attached hydrogen (secondary N) is 1. The second-order valence-corrected chi connectivity index (χ2v) is 6.95. The number of aromatic nitrogens is 4. The van der Waals surface area contributed by atoms with Crippen LogP contribution in [0.3, 0.4) is 0 Å². The van der Waals surface area contributed by atoms with Gasteiger partial charge in [0.05, 0.1) is 18.5 Å². The van der Waals surface area contributed by atoms with Crippen LogP contribution in [0.1, 0.15) is 31.1 Å². The molecule has 2 saturated heterocycles. The van der Waals surface area contributed by atoms with Crippen LogP contribution in [0.2, 0.25) is 5.28 Å². The maximum Gasteiger partial charge on any atom is 0.226 e. The fourth-order valence-electron chi connectivity index (χ4n) is 3.56. The van der Waals surface area contributed by atoms with Crippen molar-refractivity contribution < 1.29 is 9.47 Å². The Balaban J connectivity index is 0.000000250. The van der Waals surface area contributed by atoms with Gasteiger partial charge in [0.25, 0.3) is 0 Å². The van der Waals surface area contributed by atoms with Crippen LogP contribution in [0.4, 0.5) is 5.82 Å². The number of benzene rings is 1. The molecule has 2 bridgehead atoms. The molecule has 2 aromatic heterocycles. The number of rotatable bonds is 4. The van der Waals surface area contributed by atoms with E-state index in [0.717, 1.165) is 5.56 Å². The Morgan fingerprint density at radius 2 is 1.93 bits per heavy atom. The van der Waals surface area contributed by atoms with Gasteiger partial charge in [-0.05, 0) is 30.9 Å². The van der Waals surface area contributed by atoms with E-state index in [-0.39, 0.29) is 11.5 Å². The average molecular weight is 388 g/mol. The molecule has 0 amide bonds. The molecule has 3 aromatic rings. The number of hydrogen-bond donors (Lipinski definition) is 1. The van der Waals surface area contributed by atoms with E-state index in [0.29, 0.717) is 29.2 Å². The van der Waals surface area contributed by atoms with Gasteiger partial charge in [0.2, 0.25) is 5.28 Å². The SMILES string of the molecule is C1CC2CC1O2.CNc1nc(Cl)nc2c1ncn2C(OC)c1ccccc1. The van der Waals surface area contributed by atoms with Crippen LogP contribution in [-0.2, 0) is 9.47 Å². The molecule has 0 radical (unpaired) electrons. The zero-order valence-electron chi connectivity index (χ0n) is 15.3. The molecule has 1 aromatic carbocycles. The van der Waals surface area contributed by atoms with Gasteiger partial charge in [-0.1, -0.05) is 30.3 Å². The second-order valence-electron chi connectivity index (χ2n) is 6.61. The lowest BCUT2D eigenvalue weighted by Crippen LogP contribution is -2.25. The standard InChI is InChI=1S/C14H14ClN5O.C5H8O/c1-16-11-10-12(19-14(15)18-11)20(8-17-10)13(21-2)9-6-4-3-5-7-9;1-2-5-3-4(1)6-5/h3-8,13H,1-2H3,(H,16,18,19);4-5H,1-3H2. The van der Waals surface area contributed by atoms with Crippen molar-refractivity contribution in [1.29, 1.82) is 0 Å². The highest BCUT2D eigenvalue weighted by Gasteiger charge is 2.36. The van der Waals surface area contributed by atoms with Crippen molar-refractivity contribution in [3.8, 4) is 0 Å². The molecule has 3 unspecified atom stereocenters. The van der Waals surface area contributed by atoms with Gasteiger partial charge in [-0.3, -0.25) is 4.57 Å². The highest BCUT2D eigenvalue weighted by atomic mass is 35.5. The lowest BCUT2D eigenvalue weighted by Gasteiger charge is -2.23.